The first-order valence-electron chi connectivity index (χ1n) is 9.15. The van der Waals surface area contributed by atoms with Crippen LogP contribution < -0.4 is 4.74 Å². The van der Waals surface area contributed by atoms with Gasteiger partial charge in [-0.2, -0.15) is 4.31 Å². The summed E-state index contributed by atoms with van der Waals surface area (Å²) in [7, 11) is 0.123. The fourth-order valence-corrected chi connectivity index (χ4v) is 5.17. The molecule has 4 rings (SSSR count). The van der Waals surface area contributed by atoms with Crippen LogP contribution in [0.3, 0.4) is 0 Å². The highest BCUT2D eigenvalue weighted by molar-refractivity contribution is 7.89. The van der Waals surface area contributed by atoms with Crippen LogP contribution >= 0.6 is 0 Å². The van der Waals surface area contributed by atoms with Crippen LogP contribution in [0.15, 0.2) is 35.4 Å². The van der Waals surface area contributed by atoms with Gasteiger partial charge in [-0.05, 0) is 44.3 Å². The van der Waals surface area contributed by atoms with Gasteiger partial charge in [0.25, 0.3) is 0 Å². The molecule has 144 valence electrons. The Morgan fingerprint density at radius 2 is 1.96 bits per heavy atom. The fourth-order valence-electron chi connectivity index (χ4n) is 3.75. The SMILES string of the molecule is COc1ccc(S(=O)(=O)N2CCc3nc(C4CCN(C)C4)ncc3C2)cc1. The fraction of sp³-hybridized carbons (Fsp3) is 0.474. The summed E-state index contributed by atoms with van der Waals surface area (Å²) in [6, 6.07) is 6.50. The lowest BCUT2D eigenvalue weighted by molar-refractivity contribution is 0.384. The highest BCUT2D eigenvalue weighted by Gasteiger charge is 2.30. The lowest BCUT2D eigenvalue weighted by atomic mass is 10.1. The minimum absolute atomic E-state index is 0.276. The van der Waals surface area contributed by atoms with E-state index in [2.05, 4.69) is 16.9 Å². The first kappa shape index (κ1) is 18.3. The monoisotopic (exact) mass is 388 g/mol. The Bertz CT molecular complexity index is 930. The van der Waals surface area contributed by atoms with Crippen molar-refractivity contribution in [1.29, 1.82) is 0 Å². The maximum absolute atomic E-state index is 12.9. The van der Waals surface area contributed by atoms with Crippen LogP contribution in [0.4, 0.5) is 0 Å². The van der Waals surface area contributed by atoms with Crippen LogP contribution in [0.25, 0.3) is 0 Å². The van der Waals surface area contributed by atoms with Crippen LogP contribution in [0, 0.1) is 0 Å². The summed E-state index contributed by atoms with van der Waals surface area (Å²) >= 11 is 0. The molecule has 2 aliphatic heterocycles. The Morgan fingerprint density at radius 3 is 2.63 bits per heavy atom. The second kappa shape index (κ2) is 7.18. The second-order valence-electron chi connectivity index (χ2n) is 7.21. The summed E-state index contributed by atoms with van der Waals surface area (Å²) in [5.74, 6) is 1.90. The van der Waals surface area contributed by atoms with Gasteiger partial charge in [0.05, 0.1) is 12.0 Å². The molecule has 0 N–H and O–H groups in total. The molecule has 3 heterocycles. The molecule has 0 spiro atoms. The molecular formula is C19H24N4O3S. The summed E-state index contributed by atoms with van der Waals surface area (Å²) in [5.41, 5.74) is 1.88. The number of nitrogens with zero attached hydrogens (tertiary/aromatic N) is 4. The van der Waals surface area contributed by atoms with Crippen LogP contribution in [0.1, 0.15) is 29.4 Å². The van der Waals surface area contributed by atoms with E-state index in [1.807, 2.05) is 6.20 Å². The third kappa shape index (κ3) is 3.56. The van der Waals surface area contributed by atoms with Gasteiger partial charge >= 0.3 is 0 Å². The van der Waals surface area contributed by atoms with E-state index < -0.39 is 10.0 Å². The van der Waals surface area contributed by atoms with E-state index in [4.69, 9.17) is 9.72 Å². The van der Waals surface area contributed by atoms with Gasteiger partial charge < -0.3 is 9.64 Å². The van der Waals surface area contributed by atoms with Gasteiger partial charge in [-0.25, -0.2) is 18.4 Å². The number of aromatic nitrogens is 2. The minimum atomic E-state index is -3.55. The van der Waals surface area contributed by atoms with E-state index in [-0.39, 0.29) is 4.90 Å². The average molecular weight is 388 g/mol. The summed E-state index contributed by atoms with van der Waals surface area (Å²) in [6.45, 7) is 2.80. The standard InChI is InChI=1S/C19H24N4O3S/c1-22-9-7-14(12-22)19-20-11-15-13-23(10-8-18(15)21-19)27(24,25)17-5-3-16(26-2)4-6-17/h3-6,11,14H,7-10,12-13H2,1-2H3. The molecule has 1 fully saturated rings. The van der Waals surface area contributed by atoms with Crippen molar-refractivity contribution in [3.63, 3.8) is 0 Å². The first-order valence-corrected chi connectivity index (χ1v) is 10.6. The number of hydrogen-bond acceptors (Lipinski definition) is 6. The molecule has 2 aliphatic rings. The van der Waals surface area contributed by atoms with Crippen molar-refractivity contribution in [2.24, 2.45) is 0 Å². The highest BCUT2D eigenvalue weighted by Crippen LogP contribution is 2.28. The molecule has 2 aromatic rings. The molecule has 1 aromatic heterocycles. The number of ether oxygens (including phenoxy) is 1. The van der Waals surface area contributed by atoms with E-state index in [9.17, 15) is 8.42 Å². The van der Waals surface area contributed by atoms with Crippen molar-refractivity contribution in [2.45, 2.75) is 30.2 Å². The van der Waals surface area contributed by atoms with E-state index in [1.54, 1.807) is 31.4 Å². The van der Waals surface area contributed by atoms with Crippen molar-refractivity contribution in [3.8, 4) is 5.75 Å². The predicted molar refractivity (Wildman–Crippen MR) is 101 cm³/mol. The van der Waals surface area contributed by atoms with Crippen LogP contribution in [0.5, 0.6) is 5.75 Å². The maximum atomic E-state index is 12.9. The largest absolute Gasteiger partial charge is 0.497 e. The Kier molecular flexibility index (Phi) is 4.88. The van der Waals surface area contributed by atoms with Crippen LogP contribution in [-0.4, -0.2) is 61.4 Å². The Hall–Kier alpha value is -2.03. The van der Waals surface area contributed by atoms with Crippen molar-refractivity contribution in [1.82, 2.24) is 19.2 Å². The summed E-state index contributed by atoms with van der Waals surface area (Å²) in [6.07, 6.45) is 3.50. The number of rotatable bonds is 4. The summed E-state index contributed by atoms with van der Waals surface area (Å²) < 4.78 is 32.5. The zero-order chi connectivity index (χ0) is 19.0. The van der Waals surface area contributed by atoms with E-state index in [1.165, 1.54) is 4.31 Å². The third-order valence-electron chi connectivity index (χ3n) is 5.37. The van der Waals surface area contributed by atoms with Crippen molar-refractivity contribution >= 4 is 10.0 Å². The van der Waals surface area contributed by atoms with E-state index >= 15 is 0 Å². The van der Waals surface area contributed by atoms with Crippen molar-refractivity contribution in [3.05, 3.63) is 47.5 Å². The first-order chi connectivity index (χ1) is 13.0. The normalized spacial score (nSPS) is 21.2. The van der Waals surface area contributed by atoms with Crippen molar-refractivity contribution in [2.75, 3.05) is 33.8 Å². The number of likely N-dealkylation sites (N-methyl/N-ethyl adjacent to an activating group) is 1. The molecule has 0 amide bonds. The zero-order valence-electron chi connectivity index (χ0n) is 15.6. The van der Waals surface area contributed by atoms with Gasteiger partial charge in [-0.3, -0.25) is 0 Å². The number of methoxy groups -OCH3 is 1. The van der Waals surface area contributed by atoms with E-state index in [0.29, 0.717) is 31.2 Å². The lowest BCUT2D eigenvalue weighted by Crippen LogP contribution is -2.36. The maximum Gasteiger partial charge on any atom is 0.243 e. The number of likely N-dealkylation sites (tertiary alicyclic amines) is 1. The van der Waals surface area contributed by atoms with Crippen molar-refractivity contribution < 1.29 is 13.2 Å². The van der Waals surface area contributed by atoms with Gasteiger partial charge in [0, 0.05) is 49.4 Å². The molecule has 0 saturated carbocycles. The Morgan fingerprint density at radius 1 is 1.19 bits per heavy atom. The van der Waals surface area contributed by atoms with Gasteiger partial charge in [0.2, 0.25) is 10.0 Å². The molecule has 1 atom stereocenters. The summed E-state index contributed by atoms with van der Waals surface area (Å²) in [4.78, 5) is 11.9. The smallest absolute Gasteiger partial charge is 0.243 e. The summed E-state index contributed by atoms with van der Waals surface area (Å²) in [5, 5.41) is 0. The van der Waals surface area contributed by atoms with Gasteiger partial charge in [0.1, 0.15) is 11.6 Å². The topological polar surface area (TPSA) is 75.6 Å². The quantitative estimate of drug-likeness (QED) is 0.793. The average Bonchev–Trinajstić information content (AvgIpc) is 3.13. The molecule has 1 saturated heterocycles. The van der Waals surface area contributed by atoms with Crippen LogP contribution in [-0.2, 0) is 23.0 Å². The molecular weight excluding hydrogens is 364 g/mol. The number of sulfonamides is 1. The number of hydrogen-bond donors (Lipinski definition) is 0. The molecule has 7 nitrogen and oxygen atoms in total. The van der Waals surface area contributed by atoms with Gasteiger partial charge in [-0.1, -0.05) is 0 Å². The number of fused-ring (bicyclic) bond motifs is 1. The Labute approximate surface area is 160 Å². The zero-order valence-corrected chi connectivity index (χ0v) is 16.4. The highest BCUT2D eigenvalue weighted by atomic mass is 32.2. The van der Waals surface area contributed by atoms with E-state index in [0.717, 1.165) is 36.6 Å². The number of benzene rings is 1. The second-order valence-corrected chi connectivity index (χ2v) is 9.15. The molecule has 8 heteroatoms. The molecule has 0 radical (unpaired) electrons. The molecule has 1 unspecified atom stereocenters. The Balaban J connectivity index is 1.54. The predicted octanol–water partition coefficient (Wildman–Crippen LogP) is 1.65. The minimum Gasteiger partial charge on any atom is -0.497 e. The molecule has 1 aromatic carbocycles. The third-order valence-corrected chi connectivity index (χ3v) is 7.23. The molecule has 0 bridgehead atoms. The molecule has 0 aliphatic carbocycles. The molecule has 27 heavy (non-hydrogen) atoms. The van der Waals surface area contributed by atoms with Crippen LogP contribution in [0.2, 0.25) is 0 Å². The van der Waals surface area contributed by atoms with Gasteiger partial charge in [-0.15, -0.1) is 0 Å². The van der Waals surface area contributed by atoms with Gasteiger partial charge in [0.15, 0.2) is 0 Å². The lowest BCUT2D eigenvalue weighted by Gasteiger charge is -2.27.